The van der Waals surface area contributed by atoms with Crippen molar-refractivity contribution in [1.29, 1.82) is 0 Å². The van der Waals surface area contributed by atoms with Gasteiger partial charge in [0.1, 0.15) is 0 Å². The average molecular weight is 355 g/mol. The number of alkyl halides is 3. The molecule has 0 saturated carbocycles. The number of hydrogen-bond donors (Lipinski definition) is 2. The molecular formula is C16H20F3N5O. The summed E-state index contributed by atoms with van der Waals surface area (Å²) < 4.78 is 42.7. The van der Waals surface area contributed by atoms with Gasteiger partial charge in [0.05, 0.1) is 12.1 Å². The Labute approximate surface area is 143 Å². The number of nitrogens with zero attached hydrogens (tertiary/aromatic N) is 3. The number of aryl methyl sites for hydroxylation is 1. The number of guanidine groups is 1. The Morgan fingerprint density at radius 1 is 1.20 bits per heavy atom. The third kappa shape index (κ3) is 6.09. The maximum Gasteiger partial charge on any atom is 0.416 e. The van der Waals surface area contributed by atoms with E-state index in [1.807, 2.05) is 6.92 Å². The van der Waals surface area contributed by atoms with E-state index in [0.29, 0.717) is 42.7 Å². The van der Waals surface area contributed by atoms with E-state index in [0.717, 1.165) is 12.1 Å². The van der Waals surface area contributed by atoms with E-state index >= 15 is 0 Å². The van der Waals surface area contributed by atoms with Crippen LogP contribution in [0.3, 0.4) is 0 Å². The lowest BCUT2D eigenvalue weighted by Gasteiger charge is -2.11. The Morgan fingerprint density at radius 2 is 1.92 bits per heavy atom. The van der Waals surface area contributed by atoms with Crippen LogP contribution in [0.15, 0.2) is 33.8 Å². The number of nitrogens with one attached hydrogen (secondary N) is 2. The average Bonchev–Trinajstić information content (AvgIpc) is 2.97. The minimum atomic E-state index is -4.33. The van der Waals surface area contributed by atoms with Gasteiger partial charge in [-0.05, 0) is 31.5 Å². The van der Waals surface area contributed by atoms with Crippen LogP contribution in [0.1, 0.15) is 29.8 Å². The van der Waals surface area contributed by atoms with Crippen LogP contribution in [0.25, 0.3) is 0 Å². The fourth-order valence-electron chi connectivity index (χ4n) is 2.04. The van der Waals surface area contributed by atoms with Gasteiger partial charge in [-0.3, -0.25) is 0 Å². The second-order valence-corrected chi connectivity index (χ2v) is 5.30. The number of aliphatic imine (C=N–C) groups is 1. The summed E-state index contributed by atoms with van der Waals surface area (Å²) >= 11 is 0. The van der Waals surface area contributed by atoms with Crippen LogP contribution in [0.5, 0.6) is 0 Å². The Balaban J connectivity index is 1.90. The predicted octanol–water partition coefficient (Wildman–Crippen LogP) is 2.69. The largest absolute Gasteiger partial charge is 0.416 e. The summed E-state index contributed by atoms with van der Waals surface area (Å²) in [6, 6.07) is 4.97. The van der Waals surface area contributed by atoms with Gasteiger partial charge in [-0.25, -0.2) is 4.99 Å². The van der Waals surface area contributed by atoms with Crippen molar-refractivity contribution in [2.45, 2.75) is 33.0 Å². The molecule has 0 spiro atoms. The highest BCUT2D eigenvalue weighted by Gasteiger charge is 2.29. The van der Waals surface area contributed by atoms with Gasteiger partial charge in [-0.2, -0.15) is 18.2 Å². The van der Waals surface area contributed by atoms with Crippen molar-refractivity contribution in [3.05, 3.63) is 47.1 Å². The number of hydrogen-bond acceptors (Lipinski definition) is 4. The highest BCUT2D eigenvalue weighted by Crippen LogP contribution is 2.29. The lowest BCUT2D eigenvalue weighted by Crippen LogP contribution is -2.38. The van der Waals surface area contributed by atoms with Gasteiger partial charge in [0.25, 0.3) is 0 Å². The van der Waals surface area contributed by atoms with Gasteiger partial charge in [0.15, 0.2) is 11.8 Å². The number of aromatic nitrogens is 2. The third-order valence-corrected chi connectivity index (χ3v) is 3.25. The van der Waals surface area contributed by atoms with Crippen molar-refractivity contribution in [3.8, 4) is 0 Å². The zero-order chi connectivity index (χ0) is 18.3. The molecule has 25 heavy (non-hydrogen) atoms. The van der Waals surface area contributed by atoms with Crippen molar-refractivity contribution in [2.24, 2.45) is 4.99 Å². The highest BCUT2D eigenvalue weighted by molar-refractivity contribution is 5.79. The molecule has 1 aromatic heterocycles. The van der Waals surface area contributed by atoms with Gasteiger partial charge >= 0.3 is 6.18 Å². The smallest absolute Gasteiger partial charge is 0.357 e. The number of rotatable bonds is 6. The first kappa shape index (κ1) is 18.8. The van der Waals surface area contributed by atoms with Crippen molar-refractivity contribution >= 4 is 5.96 Å². The van der Waals surface area contributed by atoms with Gasteiger partial charge in [0, 0.05) is 19.5 Å². The molecule has 0 amide bonds. The van der Waals surface area contributed by atoms with E-state index in [9.17, 15) is 13.2 Å². The standard InChI is InChI=1S/C16H20F3N5O/c1-3-20-15(21-9-8-14-23-11(2)24-25-14)22-10-12-4-6-13(7-5-12)16(17,18)19/h4-7H,3,8-10H2,1-2H3,(H2,20,21,22). The van der Waals surface area contributed by atoms with Crippen LogP contribution in [-0.4, -0.2) is 29.2 Å². The molecule has 0 bridgehead atoms. The minimum absolute atomic E-state index is 0.271. The summed E-state index contributed by atoms with van der Waals surface area (Å²) in [5.74, 6) is 1.68. The van der Waals surface area contributed by atoms with E-state index in [4.69, 9.17) is 4.52 Å². The zero-order valence-electron chi connectivity index (χ0n) is 14.0. The van der Waals surface area contributed by atoms with E-state index in [-0.39, 0.29) is 6.54 Å². The Hall–Kier alpha value is -2.58. The SMILES string of the molecule is CCNC(=NCc1ccc(C(F)(F)F)cc1)NCCc1nc(C)no1. The molecule has 1 heterocycles. The van der Waals surface area contributed by atoms with E-state index < -0.39 is 11.7 Å². The second-order valence-electron chi connectivity index (χ2n) is 5.30. The molecule has 0 atom stereocenters. The molecule has 0 aliphatic heterocycles. The van der Waals surface area contributed by atoms with Crippen LogP contribution >= 0.6 is 0 Å². The lowest BCUT2D eigenvalue weighted by molar-refractivity contribution is -0.137. The molecule has 136 valence electrons. The number of benzene rings is 1. The fourth-order valence-corrected chi connectivity index (χ4v) is 2.04. The van der Waals surface area contributed by atoms with Crippen LogP contribution in [0.4, 0.5) is 13.2 Å². The van der Waals surface area contributed by atoms with Crippen molar-refractivity contribution in [2.75, 3.05) is 13.1 Å². The Morgan fingerprint density at radius 3 is 2.48 bits per heavy atom. The monoisotopic (exact) mass is 355 g/mol. The fraction of sp³-hybridized carbons (Fsp3) is 0.438. The lowest BCUT2D eigenvalue weighted by atomic mass is 10.1. The number of halogens is 3. The Bertz CT molecular complexity index is 695. The maximum absolute atomic E-state index is 12.6. The molecule has 9 heteroatoms. The molecule has 0 fully saturated rings. The van der Waals surface area contributed by atoms with Gasteiger partial charge < -0.3 is 15.2 Å². The maximum atomic E-state index is 12.6. The summed E-state index contributed by atoms with van der Waals surface area (Å²) in [5.41, 5.74) is 0.0258. The van der Waals surface area contributed by atoms with Gasteiger partial charge in [-0.1, -0.05) is 17.3 Å². The summed E-state index contributed by atoms with van der Waals surface area (Å²) in [7, 11) is 0. The molecule has 0 saturated heterocycles. The van der Waals surface area contributed by atoms with Crippen molar-refractivity contribution in [3.63, 3.8) is 0 Å². The quantitative estimate of drug-likeness (QED) is 0.616. The molecule has 0 aliphatic carbocycles. The first-order chi connectivity index (χ1) is 11.9. The van der Waals surface area contributed by atoms with Crippen LogP contribution in [0, 0.1) is 6.92 Å². The molecule has 6 nitrogen and oxygen atoms in total. The Kier molecular flexibility index (Phi) is 6.37. The molecule has 2 aromatic rings. The van der Waals surface area contributed by atoms with Crippen LogP contribution < -0.4 is 10.6 Å². The zero-order valence-corrected chi connectivity index (χ0v) is 14.0. The molecule has 0 unspecified atom stereocenters. The molecule has 2 rings (SSSR count). The minimum Gasteiger partial charge on any atom is -0.357 e. The summed E-state index contributed by atoms with van der Waals surface area (Å²) in [5, 5.41) is 9.90. The van der Waals surface area contributed by atoms with E-state index in [2.05, 4.69) is 25.8 Å². The molecular weight excluding hydrogens is 335 g/mol. The van der Waals surface area contributed by atoms with Gasteiger partial charge in [-0.15, -0.1) is 0 Å². The highest BCUT2D eigenvalue weighted by atomic mass is 19.4. The van der Waals surface area contributed by atoms with Crippen LogP contribution in [0.2, 0.25) is 0 Å². The first-order valence-corrected chi connectivity index (χ1v) is 7.86. The summed E-state index contributed by atoms with van der Waals surface area (Å²) in [4.78, 5) is 8.46. The van der Waals surface area contributed by atoms with Gasteiger partial charge in [0.2, 0.25) is 5.89 Å². The normalized spacial score (nSPS) is 12.3. The predicted molar refractivity (Wildman–Crippen MR) is 87.0 cm³/mol. The molecule has 2 N–H and O–H groups in total. The third-order valence-electron chi connectivity index (χ3n) is 3.25. The second kappa shape index (κ2) is 8.50. The molecule has 0 aliphatic rings. The van der Waals surface area contributed by atoms with E-state index in [1.165, 1.54) is 12.1 Å². The molecule has 1 aromatic carbocycles. The summed E-state index contributed by atoms with van der Waals surface area (Å²) in [6.45, 7) is 5.15. The summed E-state index contributed by atoms with van der Waals surface area (Å²) in [6.07, 6.45) is -3.78. The van der Waals surface area contributed by atoms with Crippen LogP contribution in [-0.2, 0) is 19.1 Å². The first-order valence-electron chi connectivity index (χ1n) is 7.86. The molecule has 0 radical (unpaired) electrons. The van der Waals surface area contributed by atoms with Crippen molar-refractivity contribution in [1.82, 2.24) is 20.8 Å². The van der Waals surface area contributed by atoms with E-state index in [1.54, 1.807) is 6.92 Å². The van der Waals surface area contributed by atoms with Crippen molar-refractivity contribution < 1.29 is 17.7 Å². The topological polar surface area (TPSA) is 75.3 Å².